The number of carbonyl (C=O) groups excluding carboxylic acids is 1. The van der Waals surface area contributed by atoms with E-state index in [2.05, 4.69) is 15.6 Å². The third-order valence-electron chi connectivity index (χ3n) is 6.41. The van der Waals surface area contributed by atoms with Crippen molar-refractivity contribution in [2.75, 3.05) is 19.6 Å². The highest BCUT2D eigenvalue weighted by Gasteiger charge is 2.33. The lowest BCUT2D eigenvalue weighted by Gasteiger charge is -2.35. The number of carbonyl (C=O) groups is 1. The molecule has 0 radical (unpaired) electrons. The van der Waals surface area contributed by atoms with Crippen molar-refractivity contribution in [1.82, 2.24) is 15.5 Å². The number of rotatable bonds is 0. The SMILES string of the molecule is CC1C(=O)C=C/C2=C(\F)O[C@H](C)CN3CC4=CC=C5NC=C(/C=N/CC21)C(=C5N4)/C=C\3N. The predicted molar refractivity (Wildman–Crippen MR) is 120 cm³/mol. The van der Waals surface area contributed by atoms with Gasteiger partial charge in [-0.3, -0.25) is 9.79 Å². The Hall–Kier alpha value is -3.55. The summed E-state index contributed by atoms with van der Waals surface area (Å²) in [5, 5.41) is 6.79. The number of aliphatic imine (C=N–C) groups is 1. The summed E-state index contributed by atoms with van der Waals surface area (Å²) in [5.41, 5.74) is 11.5. The molecule has 3 atom stereocenters. The zero-order valence-corrected chi connectivity index (χ0v) is 18.1. The first-order chi connectivity index (χ1) is 15.4. The van der Waals surface area contributed by atoms with Gasteiger partial charge in [0.05, 0.1) is 30.3 Å². The average molecular weight is 436 g/mol. The number of nitrogens with two attached hydrogens (primary N) is 1. The van der Waals surface area contributed by atoms with Gasteiger partial charge >= 0.3 is 0 Å². The van der Waals surface area contributed by atoms with Crippen molar-refractivity contribution in [3.8, 4) is 0 Å². The van der Waals surface area contributed by atoms with Gasteiger partial charge in [-0.15, -0.1) is 0 Å². The maximum absolute atomic E-state index is 15.2. The van der Waals surface area contributed by atoms with Gasteiger partial charge in [0.15, 0.2) is 5.78 Å². The lowest BCUT2D eigenvalue weighted by molar-refractivity contribution is -0.119. The Morgan fingerprint density at radius 3 is 2.97 bits per heavy atom. The molecule has 0 amide bonds. The highest BCUT2D eigenvalue weighted by molar-refractivity contribution is 5.94. The molecule has 2 unspecified atom stereocenters. The van der Waals surface area contributed by atoms with E-state index < -0.39 is 18.0 Å². The van der Waals surface area contributed by atoms with Crippen LogP contribution >= 0.6 is 0 Å². The van der Waals surface area contributed by atoms with Crippen LogP contribution in [0, 0.1) is 11.8 Å². The Balaban J connectivity index is 1.61. The van der Waals surface area contributed by atoms with E-state index in [-0.39, 0.29) is 18.2 Å². The molecule has 4 bridgehead atoms. The van der Waals surface area contributed by atoms with E-state index in [1.165, 1.54) is 12.2 Å². The van der Waals surface area contributed by atoms with Gasteiger partial charge in [-0.05, 0) is 37.3 Å². The first-order valence-corrected chi connectivity index (χ1v) is 10.8. The second-order valence-corrected chi connectivity index (χ2v) is 8.66. The zero-order valence-electron chi connectivity index (χ0n) is 18.1. The number of halogens is 1. The second-order valence-electron chi connectivity index (χ2n) is 8.66. The quantitative estimate of drug-likeness (QED) is 0.541. The summed E-state index contributed by atoms with van der Waals surface area (Å²) < 4.78 is 20.9. The average Bonchev–Trinajstić information content (AvgIpc) is 2.75. The van der Waals surface area contributed by atoms with Crippen LogP contribution in [0.4, 0.5) is 4.39 Å². The summed E-state index contributed by atoms with van der Waals surface area (Å²) in [4.78, 5) is 18.8. The van der Waals surface area contributed by atoms with E-state index in [0.717, 1.165) is 28.2 Å². The summed E-state index contributed by atoms with van der Waals surface area (Å²) in [7, 11) is 0. The van der Waals surface area contributed by atoms with Gasteiger partial charge in [-0.2, -0.15) is 4.39 Å². The van der Waals surface area contributed by atoms with E-state index in [9.17, 15) is 4.79 Å². The topological polar surface area (TPSA) is 92.0 Å². The molecule has 7 nitrogen and oxygen atoms in total. The molecule has 8 heteroatoms. The standard InChI is InChI=1S/C24H26FN5O2/c1-13-11-30-12-16-3-5-20-23(29-16)18(7-22(30)26)15(9-28-20)8-27-10-19-14(2)21(31)6-4-17(19)24(25)32-13/h3-9,13-14,19,28-29H,10-12,26H2,1-2H3/b22-7-,24-17-,27-8+/t13-,14?,19?/m1/s1. The number of hydrogen-bond acceptors (Lipinski definition) is 7. The molecule has 32 heavy (non-hydrogen) atoms. The minimum atomic E-state index is -0.663. The molecule has 0 spiro atoms. The predicted octanol–water partition coefficient (Wildman–Crippen LogP) is 2.28. The minimum Gasteiger partial charge on any atom is -0.466 e. The Kier molecular flexibility index (Phi) is 5.00. The van der Waals surface area contributed by atoms with Crippen molar-refractivity contribution in [2.45, 2.75) is 20.0 Å². The molecule has 166 valence electrons. The first kappa shape index (κ1) is 20.4. The van der Waals surface area contributed by atoms with E-state index in [1.807, 2.05) is 36.3 Å². The van der Waals surface area contributed by atoms with Crippen LogP contribution in [-0.2, 0) is 9.53 Å². The van der Waals surface area contributed by atoms with Gasteiger partial charge in [0.1, 0.15) is 6.10 Å². The highest BCUT2D eigenvalue weighted by Crippen LogP contribution is 2.33. The lowest BCUT2D eigenvalue weighted by atomic mass is 9.80. The molecule has 0 aromatic carbocycles. The van der Waals surface area contributed by atoms with Crippen LogP contribution in [0.5, 0.6) is 0 Å². The van der Waals surface area contributed by atoms with Crippen LogP contribution < -0.4 is 16.4 Å². The van der Waals surface area contributed by atoms with Gasteiger partial charge in [-0.1, -0.05) is 6.92 Å². The van der Waals surface area contributed by atoms with Crippen LogP contribution in [-0.4, -0.2) is 42.6 Å². The minimum absolute atomic E-state index is 0.0333. The summed E-state index contributed by atoms with van der Waals surface area (Å²) in [6.45, 7) is 4.82. The maximum Gasteiger partial charge on any atom is 0.276 e. The number of nitrogens with zero attached hydrogens (tertiary/aromatic N) is 2. The van der Waals surface area contributed by atoms with Crippen molar-refractivity contribution in [3.63, 3.8) is 0 Å². The van der Waals surface area contributed by atoms with Crippen molar-refractivity contribution >= 4 is 12.0 Å². The molecular formula is C24H26FN5O2. The molecule has 0 aromatic heterocycles. The number of fused-ring (bicyclic) bond motifs is 3. The van der Waals surface area contributed by atoms with Crippen LogP contribution in [0.3, 0.4) is 0 Å². The molecule has 5 aliphatic rings. The molecule has 5 rings (SSSR count). The molecule has 0 fully saturated rings. The van der Waals surface area contributed by atoms with Crippen LogP contribution in [0.1, 0.15) is 13.8 Å². The third kappa shape index (κ3) is 3.55. The molecule has 0 saturated heterocycles. The monoisotopic (exact) mass is 435 g/mol. The number of allylic oxidation sites excluding steroid dienone is 7. The molecule has 4 N–H and O–H groups in total. The Labute approximate surface area is 186 Å². The van der Waals surface area contributed by atoms with Crippen LogP contribution in [0.25, 0.3) is 0 Å². The molecule has 4 aliphatic heterocycles. The summed E-state index contributed by atoms with van der Waals surface area (Å²) in [6.07, 6.45) is 12.1. The second kappa shape index (κ2) is 7.85. The fraction of sp³-hybridized carbons (Fsp3) is 0.333. The van der Waals surface area contributed by atoms with Crippen molar-refractivity contribution < 1.29 is 13.9 Å². The first-order valence-electron chi connectivity index (χ1n) is 10.8. The van der Waals surface area contributed by atoms with E-state index in [0.29, 0.717) is 24.5 Å². The molecule has 1 aliphatic carbocycles. The van der Waals surface area contributed by atoms with Gasteiger partial charge in [0.2, 0.25) is 0 Å². The molecular weight excluding hydrogens is 409 g/mol. The number of ketones is 1. The number of ether oxygens (including phenoxy) is 1. The summed E-state index contributed by atoms with van der Waals surface area (Å²) >= 11 is 0. The lowest BCUT2D eigenvalue weighted by Crippen LogP contribution is -2.41. The highest BCUT2D eigenvalue weighted by atomic mass is 19.1. The smallest absolute Gasteiger partial charge is 0.276 e. The van der Waals surface area contributed by atoms with Gasteiger partial charge < -0.3 is 26.0 Å². The van der Waals surface area contributed by atoms with Crippen LogP contribution in [0.2, 0.25) is 0 Å². The van der Waals surface area contributed by atoms with Crippen molar-refractivity contribution in [2.24, 2.45) is 22.6 Å². The Bertz CT molecular complexity index is 1120. The normalized spacial score (nSPS) is 34.4. The molecule has 4 heterocycles. The van der Waals surface area contributed by atoms with Gasteiger partial charge in [0.25, 0.3) is 6.01 Å². The summed E-state index contributed by atoms with van der Waals surface area (Å²) in [5.74, 6) is -0.236. The zero-order chi connectivity index (χ0) is 22.4. The van der Waals surface area contributed by atoms with E-state index in [1.54, 1.807) is 13.1 Å². The van der Waals surface area contributed by atoms with Gasteiger partial charge in [-0.25, -0.2) is 0 Å². The fourth-order valence-electron chi connectivity index (χ4n) is 4.55. The molecule has 0 saturated carbocycles. The largest absolute Gasteiger partial charge is 0.466 e. The fourth-order valence-corrected chi connectivity index (χ4v) is 4.55. The Morgan fingerprint density at radius 1 is 1.28 bits per heavy atom. The summed E-state index contributed by atoms with van der Waals surface area (Å²) in [6, 6.07) is -0.663. The maximum atomic E-state index is 15.2. The van der Waals surface area contributed by atoms with E-state index in [4.69, 9.17) is 10.5 Å². The Morgan fingerprint density at radius 2 is 2.12 bits per heavy atom. The third-order valence-corrected chi connectivity index (χ3v) is 6.41. The van der Waals surface area contributed by atoms with Crippen molar-refractivity contribution in [3.05, 3.63) is 82.2 Å². The van der Waals surface area contributed by atoms with E-state index >= 15 is 4.39 Å². The van der Waals surface area contributed by atoms with Crippen LogP contribution in [0.15, 0.2) is 87.2 Å². The number of hydrogen-bond donors (Lipinski definition) is 3. The van der Waals surface area contributed by atoms with Crippen molar-refractivity contribution in [1.29, 1.82) is 0 Å². The number of nitrogens with one attached hydrogen (secondary N) is 2. The molecule has 0 aromatic rings. The van der Waals surface area contributed by atoms with Gasteiger partial charge in [0, 0.05) is 53.2 Å². The number of dihydropyridines is 2.